The molecule has 2 aromatic carbocycles. The molecule has 0 fully saturated rings. The van der Waals surface area contributed by atoms with Crippen LogP contribution in [-0.2, 0) is 13.2 Å². The van der Waals surface area contributed by atoms with E-state index in [0.717, 1.165) is 29.4 Å². The Morgan fingerprint density at radius 1 is 0.649 bits per heavy atom. The van der Waals surface area contributed by atoms with E-state index < -0.39 is 0 Å². The summed E-state index contributed by atoms with van der Waals surface area (Å²) in [6, 6.07) is 16.2. The average Bonchev–Trinajstić information content (AvgIpc) is 3.29. The largest absolute Gasteiger partial charge is 0.497 e. The Hall–Kier alpha value is -2.49. The number of methoxy groups -OCH3 is 1. The van der Waals surface area contributed by atoms with Crippen molar-refractivity contribution in [3.8, 4) is 11.5 Å². The van der Waals surface area contributed by atoms with Gasteiger partial charge in [0.2, 0.25) is 0 Å². The van der Waals surface area contributed by atoms with Crippen LogP contribution in [0.25, 0.3) is 11.0 Å². The van der Waals surface area contributed by atoms with Gasteiger partial charge in [-0.2, -0.15) is 0 Å². The van der Waals surface area contributed by atoms with Crippen LogP contribution < -0.4 is 9.47 Å². The lowest BCUT2D eigenvalue weighted by molar-refractivity contribution is 0.287. The second-order valence-corrected chi connectivity index (χ2v) is 10.4. The normalized spacial score (nSPS) is 11.3. The molecule has 3 rings (SSSR count). The maximum Gasteiger partial charge on any atom is 0.147 e. The molecule has 1 aromatic heterocycles. The van der Waals surface area contributed by atoms with Crippen molar-refractivity contribution in [3.63, 3.8) is 0 Å². The van der Waals surface area contributed by atoms with Crippen molar-refractivity contribution in [1.82, 2.24) is 9.55 Å². The van der Waals surface area contributed by atoms with E-state index in [9.17, 15) is 0 Å². The molecular formula is C33H50N2O2. The first kappa shape index (κ1) is 29.1. The third kappa shape index (κ3) is 10.8. The first-order valence-electron chi connectivity index (χ1n) is 15.0. The van der Waals surface area contributed by atoms with E-state index in [-0.39, 0.29) is 0 Å². The highest BCUT2D eigenvalue weighted by atomic mass is 16.5. The van der Waals surface area contributed by atoms with Gasteiger partial charge in [0, 0.05) is 12.6 Å². The van der Waals surface area contributed by atoms with Crippen LogP contribution in [0.3, 0.4) is 0 Å². The lowest BCUT2D eigenvalue weighted by atomic mass is 10.0. The number of fused-ring (bicyclic) bond motifs is 1. The number of rotatable bonds is 21. The monoisotopic (exact) mass is 506 g/mol. The van der Waals surface area contributed by atoms with Gasteiger partial charge in [-0.05, 0) is 30.7 Å². The molecule has 0 amide bonds. The fourth-order valence-electron chi connectivity index (χ4n) is 5.14. The van der Waals surface area contributed by atoms with Crippen molar-refractivity contribution in [2.24, 2.45) is 0 Å². The summed E-state index contributed by atoms with van der Waals surface area (Å²) in [5.41, 5.74) is 2.25. The van der Waals surface area contributed by atoms with Crippen LogP contribution in [0.4, 0.5) is 0 Å². The van der Waals surface area contributed by atoms with Crippen LogP contribution in [0.2, 0.25) is 0 Å². The molecular weight excluding hydrogens is 456 g/mol. The number of imidazole rings is 1. The smallest absolute Gasteiger partial charge is 0.147 e. The third-order valence-corrected chi connectivity index (χ3v) is 7.38. The van der Waals surface area contributed by atoms with Gasteiger partial charge in [0.25, 0.3) is 0 Å². The number of aromatic nitrogens is 2. The van der Waals surface area contributed by atoms with Gasteiger partial charge in [0.15, 0.2) is 0 Å². The zero-order valence-electron chi connectivity index (χ0n) is 23.6. The lowest BCUT2D eigenvalue weighted by Gasteiger charge is -2.11. The van der Waals surface area contributed by atoms with Gasteiger partial charge in [-0.3, -0.25) is 0 Å². The van der Waals surface area contributed by atoms with E-state index >= 15 is 0 Å². The Morgan fingerprint density at radius 2 is 1.22 bits per heavy atom. The minimum absolute atomic E-state index is 0.459. The Labute approximate surface area is 225 Å². The van der Waals surface area contributed by atoms with Gasteiger partial charge >= 0.3 is 0 Å². The van der Waals surface area contributed by atoms with Crippen LogP contribution in [0.15, 0.2) is 48.5 Å². The molecule has 0 saturated carbocycles. The Bertz CT molecular complexity index is 997. The first-order valence-corrected chi connectivity index (χ1v) is 15.0. The molecule has 0 saturated heterocycles. The number of benzene rings is 2. The quantitative estimate of drug-likeness (QED) is 0.135. The van der Waals surface area contributed by atoms with Gasteiger partial charge in [-0.1, -0.05) is 121 Å². The molecule has 37 heavy (non-hydrogen) atoms. The lowest BCUT2D eigenvalue weighted by Crippen LogP contribution is -2.07. The highest BCUT2D eigenvalue weighted by molar-refractivity contribution is 5.75. The molecule has 0 N–H and O–H groups in total. The number of para-hydroxylation sites is 2. The first-order chi connectivity index (χ1) is 18.3. The molecule has 3 aromatic rings. The van der Waals surface area contributed by atoms with E-state index in [1.165, 1.54) is 108 Å². The molecule has 0 spiro atoms. The maximum atomic E-state index is 6.07. The number of hydrogen-bond donors (Lipinski definition) is 0. The fourth-order valence-corrected chi connectivity index (χ4v) is 5.14. The van der Waals surface area contributed by atoms with Crippen molar-refractivity contribution in [2.45, 2.75) is 123 Å². The molecule has 0 radical (unpaired) electrons. The predicted octanol–water partition coefficient (Wildman–Crippen LogP) is 9.89. The highest BCUT2D eigenvalue weighted by Gasteiger charge is 2.11. The molecule has 0 aliphatic heterocycles. The Kier molecular flexibility index (Phi) is 14.0. The summed E-state index contributed by atoms with van der Waals surface area (Å²) in [4.78, 5) is 4.87. The second-order valence-electron chi connectivity index (χ2n) is 10.4. The number of nitrogens with zero attached hydrogens (tertiary/aromatic N) is 2. The summed E-state index contributed by atoms with van der Waals surface area (Å²) >= 11 is 0. The van der Waals surface area contributed by atoms with E-state index in [1.807, 2.05) is 24.3 Å². The summed E-state index contributed by atoms with van der Waals surface area (Å²) in [7, 11) is 1.68. The Balaban J connectivity index is 1.29. The molecule has 0 aliphatic carbocycles. The molecule has 0 atom stereocenters. The second kappa shape index (κ2) is 17.9. The number of unbranched alkanes of at least 4 members (excludes halogenated alkanes) is 15. The topological polar surface area (TPSA) is 36.3 Å². The van der Waals surface area contributed by atoms with Crippen molar-refractivity contribution in [3.05, 3.63) is 54.4 Å². The molecule has 1 heterocycles. The van der Waals surface area contributed by atoms with Crippen molar-refractivity contribution >= 4 is 11.0 Å². The summed E-state index contributed by atoms with van der Waals surface area (Å²) in [5, 5.41) is 0. The summed E-state index contributed by atoms with van der Waals surface area (Å²) < 4.78 is 13.7. The van der Waals surface area contributed by atoms with Crippen LogP contribution >= 0.6 is 0 Å². The summed E-state index contributed by atoms with van der Waals surface area (Å²) in [6.07, 6.45) is 22.3. The van der Waals surface area contributed by atoms with Gasteiger partial charge < -0.3 is 14.0 Å². The van der Waals surface area contributed by atoms with Crippen LogP contribution in [0.1, 0.15) is 115 Å². The zero-order valence-corrected chi connectivity index (χ0v) is 23.6. The molecule has 0 bridgehead atoms. The average molecular weight is 507 g/mol. The molecule has 0 aliphatic rings. The standard InChI is InChI=1S/C33H50N2O2/c1-3-4-5-6-7-8-9-10-11-12-13-14-15-16-17-20-26-35-32-25-19-18-24-31(32)34-33(35)28-37-30-23-21-22-29(27-30)36-2/h18-19,21-25,27H,3-17,20,26,28H2,1-2H3. The zero-order chi connectivity index (χ0) is 26.0. The van der Waals surface area contributed by atoms with Crippen molar-refractivity contribution in [1.29, 1.82) is 0 Å². The highest BCUT2D eigenvalue weighted by Crippen LogP contribution is 2.22. The van der Waals surface area contributed by atoms with E-state index in [4.69, 9.17) is 14.5 Å². The van der Waals surface area contributed by atoms with E-state index in [1.54, 1.807) is 7.11 Å². The summed E-state index contributed by atoms with van der Waals surface area (Å²) in [6.45, 7) is 3.75. The van der Waals surface area contributed by atoms with Crippen LogP contribution in [0.5, 0.6) is 11.5 Å². The minimum atomic E-state index is 0.459. The van der Waals surface area contributed by atoms with Crippen LogP contribution in [0, 0.1) is 0 Å². The SMILES string of the molecule is CCCCCCCCCCCCCCCCCCn1c(COc2cccc(OC)c2)nc2ccccc21. The molecule has 4 heteroatoms. The van der Waals surface area contributed by atoms with Gasteiger partial charge in [0.1, 0.15) is 23.9 Å². The predicted molar refractivity (Wildman–Crippen MR) is 157 cm³/mol. The van der Waals surface area contributed by atoms with Gasteiger partial charge in [0.05, 0.1) is 18.1 Å². The molecule has 0 unspecified atom stereocenters. The van der Waals surface area contributed by atoms with E-state index in [2.05, 4.69) is 35.8 Å². The fraction of sp³-hybridized carbons (Fsp3) is 0.606. The van der Waals surface area contributed by atoms with Crippen LogP contribution in [-0.4, -0.2) is 16.7 Å². The van der Waals surface area contributed by atoms with E-state index in [0.29, 0.717) is 6.61 Å². The van der Waals surface area contributed by atoms with Crippen molar-refractivity contribution in [2.75, 3.05) is 7.11 Å². The molecule has 4 nitrogen and oxygen atoms in total. The van der Waals surface area contributed by atoms with Crippen molar-refractivity contribution < 1.29 is 9.47 Å². The minimum Gasteiger partial charge on any atom is -0.497 e. The Morgan fingerprint density at radius 3 is 1.84 bits per heavy atom. The maximum absolute atomic E-state index is 6.07. The summed E-state index contributed by atoms with van der Waals surface area (Å²) in [5.74, 6) is 2.60. The number of aryl methyl sites for hydroxylation is 1. The van der Waals surface area contributed by atoms with Gasteiger partial charge in [-0.25, -0.2) is 4.98 Å². The number of ether oxygens (including phenoxy) is 2. The number of hydrogen-bond acceptors (Lipinski definition) is 3. The third-order valence-electron chi connectivity index (χ3n) is 7.38. The molecule has 204 valence electrons. The van der Waals surface area contributed by atoms with Gasteiger partial charge in [-0.15, -0.1) is 0 Å².